The van der Waals surface area contributed by atoms with Gasteiger partial charge in [0.2, 0.25) is 0 Å². The Morgan fingerprint density at radius 3 is 2.83 bits per heavy atom. The van der Waals surface area contributed by atoms with Crippen molar-refractivity contribution in [3.63, 3.8) is 0 Å². The second-order valence-electron chi connectivity index (χ2n) is 6.18. The van der Waals surface area contributed by atoms with Crippen molar-refractivity contribution >= 4 is 16.8 Å². The van der Waals surface area contributed by atoms with Gasteiger partial charge < -0.3 is 5.32 Å². The number of hydrogen-bond acceptors (Lipinski definition) is 3. The minimum Gasteiger partial charge on any atom is -0.348 e. The normalized spacial score (nSPS) is 13.5. The van der Waals surface area contributed by atoms with Crippen LogP contribution in [-0.4, -0.2) is 15.9 Å². The van der Waals surface area contributed by atoms with Crippen LogP contribution in [0.2, 0.25) is 0 Å². The molecule has 4 rings (SSSR count). The highest BCUT2D eigenvalue weighted by molar-refractivity contribution is 6.07. The highest BCUT2D eigenvalue weighted by Crippen LogP contribution is 2.29. The molecule has 1 amide bonds. The Balaban J connectivity index is 1.73. The molecule has 1 N–H and O–H groups in total. The number of rotatable bonds is 3. The lowest BCUT2D eigenvalue weighted by molar-refractivity contribution is 0.0951. The summed E-state index contributed by atoms with van der Waals surface area (Å²) in [7, 11) is 0. The van der Waals surface area contributed by atoms with E-state index in [9.17, 15) is 4.79 Å². The number of para-hydroxylation sites is 1. The van der Waals surface area contributed by atoms with Gasteiger partial charge >= 0.3 is 0 Å². The van der Waals surface area contributed by atoms with E-state index in [0.29, 0.717) is 6.54 Å². The average molecular weight is 317 g/mol. The smallest absolute Gasteiger partial charge is 0.252 e. The van der Waals surface area contributed by atoms with Crippen LogP contribution in [0.15, 0.2) is 48.8 Å². The SMILES string of the molecule is O=C(NCc1cccnc1)c1c2c(nc3ccccc13)CCCC2. The van der Waals surface area contributed by atoms with Crippen molar-refractivity contribution in [1.29, 1.82) is 0 Å². The average Bonchev–Trinajstić information content (AvgIpc) is 2.65. The van der Waals surface area contributed by atoms with E-state index in [2.05, 4.69) is 10.3 Å². The third-order valence-electron chi connectivity index (χ3n) is 4.57. The van der Waals surface area contributed by atoms with Crippen LogP contribution in [0.1, 0.15) is 40.0 Å². The van der Waals surface area contributed by atoms with Gasteiger partial charge in [0.25, 0.3) is 5.91 Å². The van der Waals surface area contributed by atoms with E-state index in [1.807, 2.05) is 36.4 Å². The zero-order valence-electron chi connectivity index (χ0n) is 13.5. The highest BCUT2D eigenvalue weighted by atomic mass is 16.1. The molecule has 0 spiro atoms. The van der Waals surface area contributed by atoms with Crippen molar-refractivity contribution in [1.82, 2.24) is 15.3 Å². The van der Waals surface area contributed by atoms with Crippen LogP contribution in [-0.2, 0) is 19.4 Å². The van der Waals surface area contributed by atoms with Crippen LogP contribution in [0.25, 0.3) is 10.9 Å². The summed E-state index contributed by atoms with van der Waals surface area (Å²) in [4.78, 5) is 21.8. The maximum atomic E-state index is 12.9. The van der Waals surface area contributed by atoms with Gasteiger partial charge in [-0.2, -0.15) is 0 Å². The Labute approximate surface area is 141 Å². The van der Waals surface area contributed by atoms with Crippen molar-refractivity contribution < 1.29 is 4.79 Å². The fourth-order valence-electron chi connectivity index (χ4n) is 3.41. The molecule has 1 aliphatic carbocycles. The Hall–Kier alpha value is -2.75. The topological polar surface area (TPSA) is 54.9 Å². The summed E-state index contributed by atoms with van der Waals surface area (Å²) in [5, 5.41) is 4.00. The van der Waals surface area contributed by atoms with Crippen molar-refractivity contribution in [2.24, 2.45) is 0 Å². The van der Waals surface area contributed by atoms with Crippen molar-refractivity contribution in [3.05, 3.63) is 71.2 Å². The first-order chi connectivity index (χ1) is 11.8. The molecule has 0 bridgehead atoms. The number of nitrogens with zero attached hydrogens (tertiary/aromatic N) is 2. The highest BCUT2D eigenvalue weighted by Gasteiger charge is 2.22. The fraction of sp³-hybridized carbons (Fsp3) is 0.250. The predicted molar refractivity (Wildman–Crippen MR) is 93.8 cm³/mol. The summed E-state index contributed by atoms with van der Waals surface area (Å²) < 4.78 is 0. The summed E-state index contributed by atoms with van der Waals surface area (Å²) in [6.45, 7) is 0.484. The predicted octanol–water partition coefficient (Wildman–Crippen LogP) is 3.44. The van der Waals surface area contributed by atoms with Gasteiger partial charge in [0.05, 0.1) is 11.1 Å². The van der Waals surface area contributed by atoms with Crippen LogP contribution >= 0.6 is 0 Å². The maximum Gasteiger partial charge on any atom is 0.252 e. The number of carbonyl (C=O) groups is 1. The van der Waals surface area contributed by atoms with Gasteiger partial charge in [0.15, 0.2) is 0 Å². The Morgan fingerprint density at radius 1 is 1.08 bits per heavy atom. The molecule has 2 aromatic heterocycles. The van der Waals surface area contributed by atoms with Gasteiger partial charge in [0.1, 0.15) is 0 Å². The van der Waals surface area contributed by atoms with E-state index in [4.69, 9.17) is 4.98 Å². The molecule has 3 aromatic rings. The lowest BCUT2D eigenvalue weighted by Crippen LogP contribution is -2.26. The van der Waals surface area contributed by atoms with E-state index in [1.54, 1.807) is 12.4 Å². The van der Waals surface area contributed by atoms with E-state index >= 15 is 0 Å². The summed E-state index contributed by atoms with van der Waals surface area (Å²) >= 11 is 0. The number of pyridine rings is 2. The summed E-state index contributed by atoms with van der Waals surface area (Å²) in [5.41, 5.74) is 4.93. The van der Waals surface area contributed by atoms with Crippen molar-refractivity contribution in [2.75, 3.05) is 0 Å². The molecule has 4 nitrogen and oxygen atoms in total. The Bertz CT molecular complexity index is 890. The molecular weight excluding hydrogens is 298 g/mol. The molecule has 0 fully saturated rings. The van der Waals surface area contributed by atoms with Crippen LogP contribution in [0.3, 0.4) is 0 Å². The lowest BCUT2D eigenvalue weighted by atomic mass is 9.89. The molecule has 1 aromatic carbocycles. The molecule has 0 radical (unpaired) electrons. The van der Waals surface area contributed by atoms with Gasteiger partial charge in [-0.3, -0.25) is 14.8 Å². The van der Waals surface area contributed by atoms with Gasteiger partial charge in [-0.1, -0.05) is 24.3 Å². The number of carbonyl (C=O) groups excluding carboxylic acids is 1. The van der Waals surface area contributed by atoms with Crippen LogP contribution in [0, 0.1) is 0 Å². The van der Waals surface area contributed by atoms with Crippen LogP contribution in [0.4, 0.5) is 0 Å². The van der Waals surface area contributed by atoms with Gasteiger partial charge in [-0.25, -0.2) is 0 Å². The molecule has 0 unspecified atom stereocenters. The molecule has 120 valence electrons. The molecule has 1 aliphatic rings. The van der Waals surface area contributed by atoms with E-state index in [1.165, 1.54) is 0 Å². The molecule has 0 atom stereocenters. The van der Waals surface area contributed by atoms with Gasteiger partial charge in [0, 0.05) is 30.0 Å². The minimum absolute atomic E-state index is 0.0180. The number of amides is 1. The Morgan fingerprint density at radius 2 is 1.96 bits per heavy atom. The van der Waals surface area contributed by atoms with Gasteiger partial charge in [-0.05, 0) is 48.9 Å². The maximum absolute atomic E-state index is 12.9. The molecule has 0 saturated heterocycles. The number of nitrogens with one attached hydrogen (secondary N) is 1. The number of aryl methyl sites for hydroxylation is 1. The standard InChI is InChI=1S/C20H19N3O/c24-20(22-13-14-6-5-11-21-12-14)19-15-7-1-3-9-17(15)23-18-10-4-2-8-16(18)19/h1,3,5-7,9,11-12H,2,4,8,10,13H2,(H,22,24). The first kappa shape index (κ1) is 14.8. The summed E-state index contributed by atoms with van der Waals surface area (Å²) in [5.74, 6) is -0.0180. The largest absolute Gasteiger partial charge is 0.348 e. The monoisotopic (exact) mass is 317 g/mol. The minimum atomic E-state index is -0.0180. The van der Waals surface area contributed by atoms with Crippen molar-refractivity contribution in [2.45, 2.75) is 32.2 Å². The zero-order chi connectivity index (χ0) is 16.4. The third-order valence-corrected chi connectivity index (χ3v) is 4.57. The zero-order valence-corrected chi connectivity index (χ0v) is 13.5. The number of benzene rings is 1. The number of aromatic nitrogens is 2. The quantitative estimate of drug-likeness (QED) is 0.805. The molecule has 0 aliphatic heterocycles. The number of hydrogen-bond donors (Lipinski definition) is 1. The second kappa shape index (κ2) is 6.40. The first-order valence-electron chi connectivity index (χ1n) is 8.40. The van der Waals surface area contributed by atoms with Crippen molar-refractivity contribution in [3.8, 4) is 0 Å². The van der Waals surface area contributed by atoms with E-state index < -0.39 is 0 Å². The Kier molecular flexibility index (Phi) is 3.95. The molecule has 0 saturated carbocycles. The van der Waals surface area contributed by atoms with Crippen LogP contribution < -0.4 is 5.32 Å². The lowest BCUT2D eigenvalue weighted by Gasteiger charge is -2.20. The van der Waals surface area contributed by atoms with Gasteiger partial charge in [-0.15, -0.1) is 0 Å². The third kappa shape index (κ3) is 2.75. The number of fused-ring (bicyclic) bond motifs is 2. The molecule has 4 heteroatoms. The van der Waals surface area contributed by atoms with Crippen LogP contribution in [0.5, 0.6) is 0 Å². The first-order valence-corrected chi connectivity index (χ1v) is 8.40. The molecular formula is C20H19N3O. The summed E-state index contributed by atoms with van der Waals surface area (Å²) in [6.07, 6.45) is 7.68. The van der Waals surface area contributed by atoms with E-state index in [0.717, 1.165) is 59.0 Å². The second-order valence-corrected chi connectivity index (χ2v) is 6.18. The fourth-order valence-corrected chi connectivity index (χ4v) is 3.41. The molecule has 2 heterocycles. The molecule has 24 heavy (non-hydrogen) atoms. The van der Waals surface area contributed by atoms with E-state index in [-0.39, 0.29) is 5.91 Å². The summed E-state index contributed by atoms with van der Waals surface area (Å²) in [6, 6.07) is 11.8.